The Hall–Kier alpha value is -0.570. The summed E-state index contributed by atoms with van der Waals surface area (Å²) in [7, 11) is 0. The molecule has 1 saturated carbocycles. The lowest BCUT2D eigenvalue weighted by atomic mass is 9.93. The highest BCUT2D eigenvalue weighted by Crippen LogP contribution is 2.38. The fourth-order valence-corrected chi connectivity index (χ4v) is 3.53. The van der Waals surface area contributed by atoms with Crippen LogP contribution >= 0.6 is 0 Å². The van der Waals surface area contributed by atoms with Crippen LogP contribution in [-0.4, -0.2) is 36.5 Å². The van der Waals surface area contributed by atoms with E-state index in [1.54, 1.807) is 0 Å². The number of rotatable bonds is 5. The lowest BCUT2D eigenvalue weighted by Gasteiger charge is -2.29. The zero-order valence-corrected chi connectivity index (χ0v) is 12.1. The van der Waals surface area contributed by atoms with E-state index in [4.69, 9.17) is 0 Å². The molecule has 0 bridgehead atoms. The Kier molecular flexibility index (Phi) is 4.66. The Morgan fingerprint density at radius 3 is 2.83 bits per heavy atom. The average molecular weight is 252 g/mol. The second-order valence-corrected chi connectivity index (χ2v) is 6.13. The first-order chi connectivity index (χ1) is 8.67. The van der Waals surface area contributed by atoms with Crippen LogP contribution in [0.5, 0.6) is 0 Å². The normalized spacial score (nSPS) is 32.3. The van der Waals surface area contributed by atoms with Crippen LogP contribution in [0.3, 0.4) is 0 Å². The molecular weight excluding hydrogens is 224 g/mol. The molecule has 0 spiro atoms. The number of nitrogens with one attached hydrogen (secondary N) is 1. The zero-order chi connectivity index (χ0) is 13.1. The number of fused-ring (bicyclic) bond motifs is 1. The molecule has 3 heteroatoms. The molecule has 2 rings (SSSR count). The fraction of sp³-hybridized carbons (Fsp3) is 0.933. The molecule has 2 aliphatic rings. The molecule has 1 amide bonds. The van der Waals surface area contributed by atoms with E-state index >= 15 is 0 Å². The first-order valence-corrected chi connectivity index (χ1v) is 7.69. The van der Waals surface area contributed by atoms with E-state index in [2.05, 4.69) is 31.0 Å². The summed E-state index contributed by atoms with van der Waals surface area (Å²) in [6, 6.07) is 0.113. The first kappa shape index (κ1) is 13.9. The van der Waals surface area contributed by atoms with Gasteiger partial charge < -0.3 is 10.2 Å². The maximum Gasteiger partial charge on any atom is 0.240 e. The summed E-state index contributed by atoms with van der Waals surface area (Å²) in [6.45, 7) is 9.35. The minimum Gasteiger partial charge on any atom is -0.341 e. The van der Waals surface area contributed by atoms with Crippen molar-refractivity contribution in [2.75, 3.05) is 19.6 Å². The summed E-state index contributed by atoms with van der Waals surface area (Å²) in [5.41, 5.74) is 0. The van der Waals surface area contributed by atoms with Crippen molar-refractivity contribution in [3.63, 3.8) is 0 Å². The lowest BCUT2D eigenvalue weighted by Crippen LogP contribution is -2.47. The molecule has 1 aliphatic heterocycles. The van der Waals surface area contributed by atoms with Gasteiger partial charge in [-0.2, -0.15) is 0 Å². The van der Waals surface area contributed by atoms with Crippen LogP contribution in [0, 0.1) is 17.8 Å². The van der Waals surface area contributed by atoms with Crippen LogP contribution in [-0.2, 0) is 4.79 Å². The summed E-state index contributed by atoms with van der Waals surface area (Å²) in [6.07, 6.45) is 5.03. The molecule has 18 heavy (non-hydrogen) atoms. The second kappa shape index (κ2) is 6.05. The van der Waals surface area contributed by atoms with Gasteiger partial charge in [0.15, 0.2) is 0 Å². The standard InChI is InChI=1S/C15H28N2O/c1-4-11(3)10-17(5-2)15(18)14-13-8-6-7-12(13)9-16-14/h11-14,16H,4-10H2,1-3H3. The van der Waals surface area contributed by atoms with Gasteiger partial charge in [0.2, 0.25) is 5.91 Å². The summed E-state index contributed by atoms with van der Waals surface area (Å²) in [5, 5.41) is 3.47. The van der Waals surface area contributed by atoms with Gasteiger partial charge in [-0.1, -0.05) is 26.7 Å². The molecule has 0 aromatic rings. The quantitative estimate of drug-likeness (QED) is 0.814. The van der Waals surface area contributed by atoms with E-state index in [0.29, 0.717) is 17.7 Å². The smallest absolute Gasteiger partial charge is 0.240 e. The SMILES string of the molecule is CCC(C)CN(CC)C(=O)C1NCC2CCCC21. The van der Waals surface area contributed by atoms with Crippen molar-refractivity contribution in [2.24, 2.45) is 17.8 Å². The highest BCUT2D eigenvalue weighted by atomic mass is 16.2. The Labute approximate surface area is 111 Å². The summed E-state index contributed by atoms with van der Waals surface area (Å²) in [4.78, 5) is 14.7. The number of likely N-dealkylation sites (N-methyl/N-ethyl adjacent to an activating group) is 1. The van der Waals surface area contributed by atoms with E-state index in [1.807, 2.05) is 0 Å². The fourth-order valence-electron chi connectivity index (χ4n) is 3.53. The maximum absolute atomic E-state index is 12.6. The first-order valence-electron chi connectivity index (χ1n) is 7.69. The van der Waals surface area contributed by atoms with Crippen LogP contribution in [0.15, 0.2) is 0 Å². The van der Waals surface area contributed by atoms with Crippen molar-refractivity contribution < 1.29 is 4.79 Å². The second-order valence-electron chi connectivity index (χ2n) is 6.13. The number of nitrogens with zero attached hydrogens (tertiary/aromatic N) is 1. The highest BCUT2D eigenvalue weighted by molar-refractivity contribution is 5.82. The van der Waals surface area contributed by atoms with E-state index < -0.39 is 0 Å². The Balaban J connectivity index is 1.96. The number of amides is 1. The van der Waals surface area contributed by atoms with Crippen molar-refractivity contribution in [2.45, 2.75) is 52.5 Å². The third-order valence-corrected chi connectivity index (χ3v) is 4.93. The van der Waals surface area contributed by atoms with Crippen LogP contribution in [0.4, 0.5) is 0 Å². The number of carbonyl (C=O) groups excluding carboxylic acids is 1. The minimum absolute atomic E-state index is 0.113. The van der Waals surface area contributed by atoms with Crippen molar-refractivity contribution in [3.8, 4) is 0 Å². The monoisotopic (exact) mass is 252 g/mol. The Morgan fingerprint density at radius 1 is 1.39 bits per heavy atom. The van der Waals surface area contributed by atoms with Gasteiger partial charge in [-0.25, -0.2) is 0 Å². The van der Waals surface area contributed by atoms with Gasteiger partial charge in [0.25, 0.3) is 0 Å². The zero-order valence-electron chi connectivity index (χ0n) is 12.1. The molecule has 0 aromatic heterocycles. The van der Waals surface area contributed by atoms with E-state index in [1.165, 1.54) is 19.3 Å². The molecule has 4 atom stereocenters. The van der Waals surface area contributed by atoms with Gasteiger partial charge in [-0.3, -0.25) is 4.79 Å². The van der Waals surface area contributed by atoms with Gasteiger partial charge in [0, 0.05) is 13.1 Å². The Bertz CT molecular complexity index is 292. The van der Waals surface area contributed by atoms with Gasteiger partial charge in [-0.05, 0) is 44.1 Å². The predicted octanol–water partition coefficient (Wildman–Crippen LogP) is 2.27. The van der Waals surface area contributed by atoms with Gasteiger partial charge in [0.1, 0.15) is 0 Å². The van der Waals surface area contributed by atoms with E-state index in [-0.39, 0.29) is 6.04 Å². The number of hydrogen-bond acceptors (Lipinski definition) is 2. The largest absolute Gasteiger partial charge is 0.341 e. The van der Waals surface area contributed by atoms with Crippen molar-refractivity contribution in [1.29, 1.82) is 0 Å². The predicted molar refractivity (Wildman–Crippen MR) is 74.3 cm³/mol. The maximum atomic E-state index is 12.6. The highest BCUT2D eigenvalue weighted by Gasteiger charge is 2.43. The molecule has 0 aromatic carbocycles. The van der Waals surface area contributed by atoms with Crippen LogP contribution < -0.4 is 5.32 Å². The van der Waals surface area contributed by atoms with E-state index in [0.717, 1.165) is 32.0 Å². The molecule has 1 heterocycles. The van der Waals surface area contributed by atoms with Crippen molar-refractivity contribution in [3.05, 3.63) is 0 Å². The molecule has 2 fully saturated rings. The molecule has 3 nitrogen and oxygen atoms in total. The number of carbonyl (C=O) groups is 1. The molecule has 1 saturated heterocycles. The lowest BCUT2D eigenvalue weighted by molar-refractivity contribution is -0.134. The van der Waals surface area contributed by atoms with E-state index in [9.17, 15) is 4.79 Å². The molecule has 1 N–H and O–H groups in total. The summed E-state index contributed by atoms with van der Waals surface area (Å²) >= 11 is 0. The molecule has 104 valence electrons. The van der Waals surface area contributed by atoms with Gasteiger partial charge in [-0.15, -0.1) is 0 Å². The van der Waals surface area contributed by atoms with Gasteiger partial charge >= 0.3 is 0 Å². The molecule has 1 aliphatic carbocycles. The topological polar surface area (TPSA) is 32.3 Å². The van der Waals surface area contributed by atoms with Crippen LogP contribution in [0.1, 0.15) is 46.5 Å². The van der Waals surface area contributed by atoms with Crippen LogP contribution in [0.25, 0.3) is 0 Å². The van der Waals surface area contributed by atoms with Crippen molar-refractivity contribution >= 4 is 5.91 Å². The number of hydrogen-bond donors (Lipinski definition) is 1. The van der Waals surface area contributed by atoms with Crippen molar-refractivity contribution in [1.82, 2.24) is 10.2 Å². The van der Waals surface area contributed by atoms with Gasteiger partial charge in [0.05, 0.1) is 6.04 Å². The average Bonchev–Trinajstić information content (AvgIpc) is 2.96. The Morgan fingerprint density at radius 2 is 2.17 bits per heavy atom. The molecule has 4 unspecified atom stereocenters. The third kappa shape index (κ3) is 2.71. The molecular formula is C15H28N2O. The van der Waals surface area contributed by atoms with Crippen LogP contribution in [0.2, 0.25) is 0 Å². The third-order valence-electron chi connectivity index (χ3n) is 4.93. The summed E-state index contributed by atoms with van der Waals surface area (Å²) < 4.78 is 0. The molecule has 0 radical (unpaired) electrons. The minimum atomic E-state index is 0.113. The summed E-state index contributed by atoms with van der Waals surface area (Å²) in [5.74, 6) is 2.34.